The summed E-state index contributed by atoms with van der Waals surface area (Å²) in [5, 5.41) is 8.54. The average Bonchev–Trinajstić information content (AvgIpc) is 2.16. The van der Waals surface area contributed by atoms with E-state index in [0.29, 0.717) is 0 Å². The Kier molecular flexibility index (Phi) is 3.28. The first-order valence-electron chi connectivity index (χ1n) is 4.12. The summed E-state index contributed by atoms with van der Waals surface area (Å²) in [7, 11) is 0. The van der Waals surface area contributed by atoms with E-state index in [9.17, 15) is 0 Å². The summed E-state index contributed by atoms with van der Waals surface area (Å²) in [6, 6.07) is 8.07. The summed E-state index contributed by atoms with van der Waals surface area (Å²) in [6.07, 6.45) is 3.58. The van der Waals surface area contributed by atoms with Crippen molar-refractivity contribution in [3.8, 4) is 6.07 Å². The van der Waals surface area contributed by atoms with Crippen molar-refractivity contribution < 1.29 is 0 Å². The first kappa shape index (κ1) is 8.73. The van der Waals surface area contributed by atoms with Crippen LogP contribution in [0.25, 0.3) is 0 Å². The number of hydrogen-bond donors (Lipinski definition) is 0. The molecule has 0 aromatic carbocycles. The quantitative estimate of drug-likeness (QED) is 0.679. The highest BCUT2D eigenvalue weighted by Crippen LogP contribution is 2.05. The summed E-state index contributed by atoms with van der Waals surface area (Å²) < 4.78 is 0. The molecular formula is C10H12N2. The summed E-state index contributed by atoms with van der Waals surface area (Å²) in [5.74, 6) is 0.131. The minimum Gasteiger partial charge on any atom is -0.261 e. The zero-order valence-electron chi connectivity index (χ0n) is 7.20. The molecule has 0 fully saturated rings. The average molecular weight is 160 g/mol. The van der Waals surface area contributed by atoms with Crippen molar-refractivity contribution >= 4 is 0 Å². The first-order valence-corrected chi connectivity index (χ1v) is 4.12. The van der Waals surface area contributed by atoms with Crippen LogP contribution in [-0.4, -0.2) is 4.98 Å². The molecule has 0 N–H and O–H groups in total. The molecule has 0 aliphatic carbocycles. The van der Waals surface area contributed by atoms with Crippen molar-refractivity contribution in [1.82, 2.24) is 4.98 Å². The molecule has 12 heavy (non-hydrogen) atoms. The second-order valence-electron chi connectivity index (χ2n) is 2.89. The number of aryl methyl sites for hydroxylation is 1. The third-order valence-corrected chi connectivity index (χ3v) is 1.78. The predicted octanol–water partition coefficient (Wildman–Crippen LogP) is 2.17. The van der Waals surface area contributed by atoms with Crippen molar-refractivity contribution in [3.63, 3.8) is 0 Å². The van der Waals surface area contributed by atoms with Gasteiger partial charge in [0.05, 0.1) is 6.07 Å². The molecule has 0 aliphatic heterocycles. The highest BCUT2D eigenvalue weighted by Gasteiger charge is 1.99. The van der Waals surface area contributed by atoms with Crippen LogP contribution in [0.2, 0.25) is 0 Å². The maximum Gasteiger partial charge on any atom is 0.0652 e. The largest absolute Gasteiger partial charge is 0.261 e. The van der Waals surface area contributed by atoms with Gasteiger partial charge in [-0.15, -0.1) is 0 Å². The lowest BCUT2D eigenvalue weighted by atomic mass is 10.1. The topological polar surface area (TPSA) is 36.7 Å². The second-order valence-corrected chi connectivity index (χ2v) is 2.89. The minimum absolute atomic E-state index is 0.131. The van der Waals surface area contributed by atoms with E-state index in [0.717, 1.165) is 18.5 Å². The van der Waals surface area contributed by atoms with Crippen LogP contribution in [0.4, 0.5) is 0 Å². The van der Waals surface area contributed by atoms with Crippen molar-refractivity contribution in [2.75, 3.05) is 0 Å². The second kappa shape index (κ2) is 4.50. The van der Waals surface area contributed by atoms with Crippen LogP contribution in [0.3, 0.4) is 0 Å². The van der Waals surface area contributed by atoms with E-state index in [1.807, 2.05) is 25.1 Å². The van der Waals surface area contributed by atoms with Crippen LogP contribution < -0.4 is 0 Å². The van der Waals surface area contributed by atoms with Crippen LogP contribution in [0, 0.1) is 17.2 Å². The van der Waals surface area contributed by atoms with Gasteiger partial charge in [0.2, 0.25) is 0 Å². The maximum atomic E-state index is 8.54. The Morgan fingerprint density at radius 2 is 2.42 bits per heavy atom. The molecule has 0 spiro atoms. The molecule has 0 saturated heterocycles. The molecule has 0 radical (unpaired) electrons. The Morgan fingerprint density at radius 1 is 1.58 bits per heavy atom. The molecular weight excluding hydrogens is 148 g/mol. The van der Waals surface area contributed by atoms with Crippen LogP contribution in [0.1, 0.15) is 19.0 Å². The monoisotopic (exact) mass is 160 g/mol. The summed E-state index contributed by atoms with van der Waals surface area (Å²) in [6.45, 7) is 1.93. The summed E-state index contributed by atoms with van der Waals surface area (Å²) >= 11 is 0. The van der Waals surface area contributed by atoms with E-state index in [4.69, 9.17) is 5.26 Å². The maximum absolute atomic E-state index is 8.54. The van der Waals surface area contributed by atoms with Gasteiger partial charge in [0, 0.05) is 17.8 Å². The number of aromatic nitrogens is 1. The molecule has 0 bridgehead atoms. The lowest BCUT2D eigenvalue weighted by molar-refractivity contribution is 0.652. The Hall–Kier alpha value is -1.36. The van der Waals surface area contributed by atoms with Gasteiger partial charge in [-0.05, 0) is 31.9 Å². The Bertz CT molecular complexity index is 261. The number of pyridine rings is 1. The fourth-order valence-electron chi connectivity index (χ4n) is 0.975. The van der Waals surface area contributed by atoms with Gasteiger partial charge >= 0.3 is 0 Å². The van der Waals surface area contributed by atoms with Crippen LogP contribution in [0.5, 0.6) is 0 Å². The van der Waals surface area contributed by atoms with E-state index >= 15 is 0 Å². The highest BCUT2D eigenvalue weighted by molar-refractivity contribution is 5.03. The smallest absolute Gasteiger partial charge is 0.0652 e. The van der Waals surface area contributed by atoms with E-state index in [-0.39, 0.29) is 5.92 Å². The van der Waals surface area contributed by atoms with Gasteiger partial charge in [0.1, 0.15) is 0 Å². The highest BCUT2D eigenvalue weighted by atomic mass is 14.7. The SMILES string of the molecule is C[C@H](C#N)CCc1ccccn1. The Labute approximate surface area is 72.9 Å². The van der Waals surface area contributed by atoms with Crippen molar-refractivity contribution in [1.29, 1.82) is 5.26 Å². The molecule has 1 rings (SSSR count). The Morgan fingerprint density at radius 3 is 3.00 bits per heavy atom. The molecule has 2 heteroatoms. The molecule has 1 heterocycles. The number of rotatable bonds is 3. The normalized spacial score (nSPS) is 12.0. The van der Waals surface area contributed by atoms with E-state index in [1.165, 1.54) is 0 Å². The van der Waals surface area contributed by atoms with Crippen molar-refractivity contribution in [2.24, 2.45) is 5.92 Å². The third-order valence-electron chi connectivity index (χ3n) is 1.78. The number of hydrogen-bond acceptors (Lipinski definition) is 2. The van der Waals surface area contributed by atoms with Crippen LogP contribution in [-0.2, 0) is 6.42 Å². The van der Waals surface area contributed by atoms with Crippen molar-refractivity contribution in [2.45, 2.75) is 19.8 Å². The van der Waals surface area contributed by atoms with Gasteiger partial charge in [-0.1, -0.05) is 6.07 Å². The van der Waals surface area contributed by atoms with Gasteiger partial charge < -0.3 is 0 Å². The lowest BCUT2D eigenvalue weighted by Gasteiger charge is -2.00. The van der Waals surface area contributed by atoms with Gasteiger partial charge in [0.25, 0.3) is 0 Å². The van der Waals surface area contributed by atoms with Crippen molar-refractivity contribution in [3.05, 3.63) is 30.1 Å². The summed E-state index contributed by atoms with van der Waals surface area (Å²) in [5.41, 5.74) is 1.07. The molecule has 1 aromatic rings. The fraction of sp³-hybridized carbons (Fsp3) is 0.400. The molecule has 0 saturated carbocycles. The molecule has 0 aliphatic rings. The van der Waals surface area contributed by atoms with E-state index < -0.39 is 0 Å². The third kappa shape index (κ3) is 2.71. The molecule has 62 valence electrons. The fourth-order valence-corrected chi connectivity index (χ4v) is 0.975. The van der Waals surface area contributed by atoms with Gasteiger partial charge in [-0.2, -0.15) is 5.26 Å². The standard InChI is InChI=1S/C10H12N2/c1-9(8-11)5-6-10-4-2-3-7-12-10/h2-4,7,9H,5-6H2,1H3/t9-/m0/s1. The van der Waals surface area contributed by atoms with Gasteiger partial charge in [-0.25, -0.2) is 0 Å². The predicted molar refractivity (Wildman–Crippen MR) is 47.3 cm³/mol. The lowest BCUT2D eigenvalue weighted by Crippen LogP contribution is -1.95. The molecule has 1 atom stereocenters. The molecule has 0 unspecified atom stereocenters. The van der Waals surface area contributed by atoms with Gasteiger partial charge in [-0.3, -0.25) is 4.98 Å². The van der Waals surface area contributed by atoms with E-state index in [2.05, 4.69) is 11.1 Å². The van der Waals surface area contributed by atoms with E-state index in [1.54, 1.807) is 6.20 Å². The number of nitrogens with zero attached hydrogens (tertiary/aromatic N) is 2. The van der Waals surface area contributed by atoms with Gasteiger partial charge in [0.15, 0.2) is 0 Å². The number of nitriles is 1. The first-order chi connectivity index (χ1) is 5.83. The van der Waals surface area contributed by atoms with Crippen LogP contribution in [0.15, 0.2) is 24.4 Å². The Balaban J connectivity index is 2.40. The molecule has 2 nitrogen and oxygen atoms in total. The molecule has 1 aromatic heterocycles. The zero-order chi connectivity index (χ0) is 8.81. The van der Waals surface area contributed by atoms with Crippen LogP contribution >= 0.6 is 0 Å². The minimum atomic E-state index is 0.131. The zero-order valence-corrected chi connectivity index (χ0v) is 7.20. The molecule has 0 amide bonds. The summed E-state index contributed by atoms with van der Waals surface area (Å²) in [4.78, 5) is 4.18.